The summed E-state index contributed by atoms with van der Waals surface area (Å²) in [6.07, 6.45) is 5.71. The van der Waals surface area contributed by atoms with Gasteiger partial charge in [-0.05, 0) is 12.8 Å². The molecule has 0 radical (unpaired) electrons. The third kappa shape index (κ3) is 3.65. The van der Waals surface area contributed by atoms with Crippen molar-refractivity contribution in [1.82, 2.24) is 14.9 Å². The maximum atomic E-state index is 12.4. The summed E-state index contributed by atoms with van der Waals surface area (Å²) in [4.78, 5) is 27.9. The first-order chi connectivity index (χ1) is 10.5. The summed E-state index contributed by atoms with van der Waals surface area (Å²) < 4.78 is 7.46. The molecule has 0 bridgehead atoms. The van der Waals surface area contributed by atoms with Gasteiger partial charge < -0.3 is 19.7 Å². The maximum Gasteiger partial charge on any atom is 0.326 e. The lowest BCUT2D eigenvalue weighted by molar-refractivity contribution is -0.143. The number of aryl methyl sites for hydroxylation is 1. The average Bonchev–Trinajstić information content (AvgIpc) is 3.10. The first-order valence-electron chi connectivity index (χ1n) is 7.66. The van der Waals surface area contributed by atoms with Gasteiger partial charge in [0.05, 0.1) is 5.92 Å². The minimum atomic E-state index is -0.991. The van der Waals surface area contributed by atoms with Gasteiger partial charge in [-0.3, -0.25) is 4.79 Å². The van der Waals surface area contributed by atoms with Crippen LogP contribution in [0.15, 0.2) is 12.4 Å². The number of nitrogens with one attached hydrogen (secondary N) is 1. The van der Waals surface area contributed by atoms with Crippen LogP contribution in [0, 0.1) is 5.92 Å². The molecule has 0 aromatic carbocycles. The number of ether oxygens (including phenoxy) is 1. The second-order valence-electron chi connectivity index (χ2n) is 5.62. The van der Waals surface area contributed by atoms with Gasteiger partial charge in [-0.1, -0.05) is 19.8 Å². The van der Waals surface area contributed by atoms with Crippen LogP contribution in [0.2, 0.25) is 0 Å². The molecule has 2 rings (SSSR count). The van der Waals surface area contributed by atoms with E-state index in [0.717, 1.165) is 12.8 Å². The summed E-state index contributed by atoms with van der Waals surface area (Å²) in [6, 6.07) is -0.838. The Hall–Kier alpha value is -1.89. The number of rotatable bonds is 7. The van der Waals surface area contributed by atoms with Crippen molar-refractivity contribution in [3.63, 3.8) is 0 Å². The summed E-state index contributed by atoms with van der Waals surface area (Å²) in [5.74, 6) is -0.967. The van der Waals surface area contributed by atoms with Crippen LogP contribution in [0.25, 0.3) is 0 Å². The summed E-state index contributed by atoms with van der Waals surface area (Å²) in [7, 11) is 1.85. The third-order valence-corrected chi connectivity index (χ3v) is 4.00. The van der Waals surface area contributed by atoms with Gasteiger partial charge in [0.25, 0.3) is 0 Å². The number of carboxylic acids is 1. The Balaban J connectivity index is 2.04. The molecule has 2 N–H and O–H groups in total. The third-order valence-electron chi connectivity index (χ3n) is 4.00. The molecule has 1 unspecified atom stereocenters. The number of nitrogens with zero attached hydrogens (tertiary/aromatic N) is 2. The van der Waals surface area contributed by atoms with Gasteiger partial charge in [0.1, 0.15) is 18.0 Å². The van der Waals surface area contributed by atoms with Crippen molar-refractivity contribution < 1.29 is 19.4 Å². The topological polar surface area (TPSA) is 93.5 Å². The van der Waals surface area contributed by atoms with Crippen molar-refractivity contribution in [2.75, 3.05) is 6.61 Å². The largest absolute Gasteiger partial charge is 0.480 e. The van der Waals surface area contributed by atoms with E-state index >= 15 is 0 Å². The maximum absolute atomic E-state index is 12.4. The van der Waals surface area contributed by atoms with Crippen LogP contribution in [0.1, 0.15) is 44.5 Å². The van der Waals surface area contributed by atoms with E-state index in [1.807, 2.05) is 18.5 Å². The molecule has 2 heterocycles. The highest BCUT2D eigenvalue weighted by Gasteiger charge is 2.38. The molecule has 0 spiro atoms. The lowest BCUT2D eigenvalue weighted by atomic mass is 9.98. The molecule has 1 aliphatic rings. The molecule has 0 aliphatic carbocycles. The van der Waals surface area contributed by atoms with E-state index < -0.39 is 24.0 Å². The highest BCUT2D eigenvalue weighted by Crippen LogP contribution is 2.33. The minimum Gasteiger partial charge on any atom is -0.480 e. The van der Waals surface area contributed by atoms with Crippen LogP contribution in [0.5, 0.6) is 0 Å². The number of hydrogen-bond acceptors (Lipinski definition) is 4. The normalized spacial score (nSPS) is 22.5. The van der Waals surface area contributed by atoms with Crippen LogP contribution in [-0.4, -0.2) is 39.2 Å². The van der Waals surface area contributed by atoms with Gasteiger partial charge in [0.2, 0.25) is 5.91 Å². The monoisotopic (exact) mass is 309 g/mol. The fraction of sp³-hybridized carbons (Fsp3) is 0.667. The molecule has 22 heavy (non-hydrogen) atoms. The van der Waals surface area contributed by atoms with Crippen molar-refractivity contribution >= 4 is 11.9 Å². The zero-order valence-electron chi connectivity index (χ0n) is 13.0. The molecule has 0 saturated carbocycles. The molecule has 1 aromatic heterocycles. The fourth-order valence-corrected chi connectivity index (χ4v) is 2.71. The van der Waals surface area contributed by atoms with Gasteiger partial charge >= 0.3 is 5.97 Å². The molecule has 3 atom stereocenters. The molecule has 122 valence electrons. The Labute approximate surface area is 129 Å². The van der Waals surface area contributed by atoms with Crippen molar-refractivity contribution in [2.45, 2.75) is 44.8 Å². The number of aromatic nitrogens is 2. The SMILES string of the molecule is CCCCC(NC(=O)[C@@H]1CCO[C@H]1c1nccn1C)C(=O)O. The van der Waals surface area contributed by atoms with E-state index in [2.05, 4.69) is 10.3 Å². The Morgan fingerprint density at radius 1 is 1.59 bits per heavy atom. The quantitative estimate of drug-likeness (QED) is 0.791. The number of aliphatic carboxylic acids is 1. The number of amides is 1. The molecule has 7 nitrogen and oxygen atoms in total. The standard InChI is InChI=1S/C15H23N3O4/c1-3-4-5-11(15(20)21)17-14(19)10-6-9-22-12(10)13-16-7-8-18(13)2/h7-8,10-12H,3-6,9H2,1-2H3,(H,17,19)(H,20,21)/t10-,11?,12-/m1/s1. The van der Waals surface area contributed by atoms with Gasteiger partial charge in [0, 0.05) is 26.0 Å². The Bertz CT molecular complexity index is 529. The Morgan fingerprint density at radius 3 is 2.95 bits per heavy atom. The molecule has 1 amide bonds. The second kappa shape index (κ2) is 7.40. The lowest BCUT2D eigenvalue weighted by Crippen LogP contribution is -2.44. The van der Waals surface area contributed by atoms with Crippen LogP contribution < -0.4 is 5.32 Å². The number of carbonyl (C=O) groups is 2. The van der Waals surface area contributed by atoms with Crippen LogP contribution >= 0.6 is 0 Å². The van der Waals surface area contributed by atoms with Gasteiger partial charge in [-0.2, -0.15) is 0 Å². The van der Waals surface area contributed by atoms with E-state index in [1.54, 1.807) is 12.4 Å². The van der Waals surface area contributed by atoms with Crippen molar-refractivity contribution in [3.8, 4) is 0 Å². The molecular weight excluding hydrogens is 286 g/mol. The van der Waals surface area contributed by atoms with E-state index in [1.165, 1.54) is 0 Å². The number of carboxylic acid groups (broad SMARTS) is 1. The molecular formula is C15H23N3O4. The van der Waals surface area contributed by atoms with Gasteiger partial charge in [-0.15, -0.1) is 0 Å². The summed E-state index contributed by atoms with van der Waals surface area (Å²) in [5, 5.41) is 11.9. The van der Waals surface area contributed by atoms with Crippen LogP contribution in [0.4, 0.5) is 0 Å². The van der Waals surface area contributed by atoms with E-state index in [9.17, 15) is 14.7 Å². The Morgan fingerprint density at radius 2 is 2.36 bits per heavy atom. The molecule has 7 heteroatoms. The van der Waals surface area contributed by atoms with E-state index in [4.69, 9.17) is 4.74 Å². The summed E-state index contributed by atoms with van der Waals surface area (Å²) in [6.45, 7) is 2.46. The Kier molecular flexibility index (Phi) is 5.54. The number of imidazole rings is 1. The summed E-state index contributed by atoms with van der Waals surface area (Å²) in [5.41, 5.74) is 0. The van der Waals surface area contributed by atoms with Crippen molar-refractivity contribution in [2.24, 2.45) is 13.0 Å². The van der Waals surface area contributed by atoms with E-state index in [-0.39, 0.29) is 5.91 Å². The number of carbonyl (C=O) groups excluding carboxylic acids is 1. The highest BCUT2D eigenvalue weighted by molar-refractivity contribution is 5.85. The molecule has 1 fully saturated rings. The van der Waals surface area contributed by atoms with Gasteiger partial charge in [-0.25, -0.2) is 9.78 Å². The molecule has 1 saturated heterocycles. The first kappa shape index (κ1) is 16.5. The highest BCUT2D eigenvalue weighted by atomic mass is 16.5. The fourth-order valence-electron chi connectivity index (χ4n) is 2.71. The zero-order chi connectivity index (χ0) is 16.1. The number of hydrogen-bond donors (Lipinski definition) is 2. The second-order valence-corrected chi connectivity index (χ2v) is 5.62. The number of unbranched alkanes of at least 4 members (excludes halogenated alkanes) is 1. The lowest BCUT2D eigenvalue weighted by Gasteiger charge is -2.20. The molecule has 1 aromatic rings. The van der Waals surface area contributed by atoms with Crippen molar-refractivity contribution in [3.05, 3.63) is 18.2 Å². The summed E-state index contributed by atoms with van der Waals surface area (Å²) >= 11 is 0. The predicted molar refractivity (Wildman–Crippen MR) is 79.1 cm³/mol. The van der Waals surface area contributed by atoms with Crippen LogP contribution in [0.3, 0.4) is 0 Å². The smallest absolute Gasteiger partial charge is 0.326 e. The average molecular weight is 309 g/mol. The minimum absolute atomic E-state index is 0.269. The molecule has 1 aliphatic heterocycles. The predicted octanol–water partition coefficient (Wildman–Crippen LogP) is 1.26. The first-order valence-corrected chi connectivity index (χ1v) is 7.66. The zero-order valence-corrected chi connectivity index (χ0v) is 13.0. The van der Waals surface area contributed by atoms with Crippen LogP contribution in [-0.2, 0) is 21.4 Å². The van der Waals surface area contributed by atoms with Gasteiger partial charge in [0.15, 0.2) is 0 Å². The van der Waals surface area contributed by atoms with Crippen molar-refractivity contribution in [1.29, 1.82) is 0 Å². The van der Waals surface area contributed by atoms with E-state index in [0.29, 0.717) is 25.3 Å².